The standard InChI is InChI=1S/C15H13N2O/c1-2-17-13-9-4-3-6-10(13)11-7-5-8-12(14(11)17)15(16)18/h3-7,9H,2H2,1H3,(H2,16,18). The molecule has 0 fully saturated rings. The molecule has 0 aliphatic carbocycles. The van der Waals surface area contributed by atoms with Gasteiger partial charge in [0.2, 0.25) is 0 Å². The Labute approximate surface area is 105 Å². The summed E-state index contributed by atoms with van der Waals surface area (Å²) in [6.07, 6.45) is 0. The van der Waals surface area contributed by atoms with Gasteiger partial charge in [0.05, 0.1) is 11.1 Å². The zero-order valence-electron chi connectivity index (χ0n) is 10.1. The number of carbonyl (C=O) groups is 1. The van der Waals surface area contributed by atoms with E-state index in [-0.39, 0.29) is 0 Å². The largest absolute Gasteiger partial charge is 0.366 e. The fourth-order valence-electron chi connectivity index (χ4n) is 2.56. The number of aryl methyl sites for hydroxylation is 1. The molecule has 0 aliphatic heterocycles. The first kappa shape index (κ1) is 10.8. The Kier molecular flexibility index (Phi) is 2.33. The van der Waals surface area contributed by atoms with Crippen LogP contribution in [0.1, 0.15) is 17.3 Å². The molecule has 1 radical (unpaired) electrons. The highest BCUT2D eigenvalue weighted by Gasteiger charge is 2.15. The highest BCUT2D eigenvalue weighted by Crippen LogP contribution is 2.30. The molecule has 2 N–H and O–H groups in total. The summed E-state index contributed by atoms with van der Waals surface area (Å²) in [4.78, 5) is 11.5. The number of hydrogen-bond acceptors (Lipinski definition) is 1. The average molecular weight is 237 g/mol. The molecule has 3 heteroatoms. The van der Waals surface area contributed by atoms with Crippen molar-refractivity contribution in [2.45, 2.75) is 13.5 Å². The summed E-state index contributed by atoms with van der Waals surface area (Å²) in [6, 6.07) is 14.8. The van der Waals surface area contributed by atoms with Gasteiger partial charge in [0.1, 0.15) is 0 Å². The molecule has 1 heterocycles. The molecule has 1 aromatic heterocycles. The number of nitrogens with two attached hydrogens (primary N) is 1. The molecule has 3 aromatic rings. The Bertz CT molecular complexity index is 756. The molecule has 89 valence electrons. The highest BCUT2D eigenvalue weighted by atomic mass is 16.1. The normalized spacial score (nSPS) is 11.2. The molecule has 0 bridgehead atoms. The van der Waals surface area contributed by atoms with E-state index >= 15 is 0 Å². The van der Waals surface area contributed by atoms with Gasteiger partial charge in [-0.25, -0.2) is 0 Å². The summed E-state index contributed by atoms with van der Waals surface area (Å²) in [5, 5.41) is 2.20. The van der Waals surface area contributed by atoms with Crippen molar-refractivity contribution in [3.63, 3.8) is 0 Å². The number of amides is 1. The molecule has 0 spiro atoms. The van der Waals surface area contributed by atoms with Gasteiger partial charge in [-0.3, -0.25) is 4.79 Å². The second-order valence-corrected chi connectivity index (χ2v) is 4.24. The van der Waals surface area contributed by atoms with Gasteiger partial charge in [0.15, 0.2) is 0 Å². The Balaban J connectivity index is 2.60. The molecule has 1 amide bonds. The molecule has 0 aliphatic rings. The SMILES string of the molecule is CCn1c2ccccc2c2cc[c]c(C(N)=O)c21. The van der Waals surface area contributed by atoms with Crippen LogP contribution in [0.15, 0.2) is 36.4 Å². The number of para-hydroxylation sites is 1. The van der Waals surface area contributed by atoms with Gasteiger partial charge >= 0.3 is 0 Å². The number of fused-ring (bicyclic) bond motifs is 3. The van der Waals surface area contributed by atoms with E-state index in [1.165, 1.54) is 0 Å². The molecule has 0 saturated carbocycles. The van der Waals surface area contributed by atoms with Crippen molar-refractivity contribution in [2.75, 3.05) is 0 Å². The fraction of sp³-hybridized carbons (Fsp3) is 0.133. The number of hydrogen-bond donors (Lipinski definition) is 1. The lowest BCUT2D eigenvalue weighted by Gasteiger charge is -2.05. The molecule has 0 atom stereocenters. The monoisotopic (exact) mass is 237 g/mol. The molecule has 0 unspecified atom stereocenters. The van der Waals surface area contributed by atoms with Gasteiger partial charge in [0.25, 0.3) is 5.91 Å². The second-order valence-electron chi connectivity index (χ2n) is 4.24. The number of nitrogens with zero attached hydrogens (tertiary/aromatic N) is 1. The Morgan fingerprint density at radius 1 is 1.28 bits per heavy atom. The van der Waals surface area contributed by atoms with E-state index in [2.05, 4.69) is 29.7 Å². The maximum atomic E-state index is 11.5. The molecular weight excluding hydrogens is 224 g/mol. The third-order valence-electron chi connectivity index (χ3n) is 3.29. The first-order chi connectivity index (χ1) is 8.74. The summed E-state index contributed by atoms with van der Waals surface area (Å²) in [5.41, 5.74) is 7.91. The average Bonchev–Trinajstić information content (AvgIpc) is 2.72. The summed E-state index contributed by atoms with van der Waals surface area (Å²) in [5.74, 6) is -0.432. The molecule has 3 nitrogen and oxygen atoms in total. The second kappa shape index (κ2) is 3.88. The number of aromatic nitrogens is 1. The smallest absolute Gasteiger partial charge is 0.251 e. The Hall–Kier alpha value is -2.29. The highest BCUT2D eigenvalue weighted by molar-refractivity contribution is 6.15. The molecule has 2 aromatic carbocycles. The van der Waals surface area contributed by atoms with Gasteiger partial charge in [0, 0.05) is 22.8 Å². The topological polar surface area (TPSA) is 48.0 Å². The van der Waals surface area contributed by atoms with E-state index in [9.17, 15) is 4.79 Å². The zero-order chi connectivity index (χ0) is 12.7. The van der Waals surface area contributed by atoms with Crippen LogP contribution >= 0.6 is 0 Å². The van der Waals surface area contributed by atoms with E-state index in [0.29, 0.717) is 5.56 Å². The van der Waals surface area contributed by atoms with E-state index in [1.807, 2.05) is 18.2 Å². The maximum absolute atomic E-state index is 11.5. The van der Waals surface area contributed by atoms with E-state index in [0.717, 1.165) is 28.4 Å². The van der Waals surface area contributed by atoms with Crippen LogP contribution in [0.3, 0.4) is 0 Å². The number of primary amides is 1. The minimum absolute atomic E-state index is 0.432. The minimum atomic E-state index is -0.432. The lowest BCUT2D eigenvalue weighted by molar-refractivity contribution is 0.100. The Morgan fingerprint density at radius 2 is 2.06 bits per heavy atom. The summed E-state index contributed by atoms with van der Waals surface area (Å²) in [7, 11) is 0. The van der Waals surface area contributed by atoms with Crippen molar-refractivity contribution in [3.05, 3.63) is 48.0 Å². The van der Waals surface area contributed by atoms with Gasteiger partial charge in [-0.15, -0.1) is 0 Å². The third kappa shape index (κ3) is 1.34. The predicted octanol–water partition coefficient (Wildman–Crippen LogP) is 2.71. The van der Waals surface area contributed by atoms with Gasteiger partial charge < -0.3 is 10.3 Å². The zero-order valence-corrected chi connectivity index (χ0v) is 10.1. The van der Waals surface area contributed by atoms with Crippen molar-refractivity contribution in [1.82, 2.24) is 4.57 Å². The van der Waals surface area contributed by atoms with Crippen LogP contribution < -0.4 is 5.73 Å². The molecule has 18 heavy (non-hydrogen) atoms. The van der Waals surface area contributed by atoms with E-state index < -0.39 is 5.91 Å². The quantitative estimate of drug-likeness (QED) is 0.732. The van der Waals surface area contributed by atoms with Crippen molar-refractivity contribution in [1.29, 1.82) is 0 Å². The summed E-state index contributed by atoms with van der Waals surface area (Å²) >= 11 is 0. The number of benzene rings is 2. The van der Waals surface area contributed by atoms with Crippen LogP contribution in [0.5, 0.6) is 0 Å². The fourth-order valence-corrected chi connectivity index (χ4v) is 2.56. The van der Waals surface area contributed by atoms with Gasteiger partial charge in [-0.2, -0.15) is 0 Å². The van der Waals surface area contributed by atoms with Crippen LogP contribution in [0, 0.1) is 6.07 Å². The van der Waals surface area contributed by atoms with Gasteiger partial charge in [-0.1, -0.05) is 30.3 Å². The van der Waals surface area contributed by atoms with Crippen molar-refractivity contribution < 1.29 is 4.79 Å². The van der Waals surface area contributed by atoms with Gasteiger partial charge in [-0.05, 0) is 19.1 Å². The van der Waals surface area contributed by atoms with Crippen molar-refractivity contribution in [2.24, 2.45) is 5.73 Å². The lowest BCUT2D eigenvalue weighted by Crippen LogP contribution is -2.13. The molecule has 3 rings (SSSR count). The van der Waals surface area contributed by atoms with Crippen molar-refractivity contribution >= 4 is 27.7 Å². The van der Waals surface area contributed by atoms with E-state index in [1.54, 1.807) is 6.07 Å². The van der Waals surface area contributed by atoms with Crippen LogP contribution in [0.25, 0.3) is 21.8 Å². The molecular formula is C15H13N2O. The minimum Gasteiger partial charge on any atom is -0.366 e. The first-order valence-electron chi connectivity index (χ1n) is 5.95. The van der Waals surface area contributed by atoms with E-state index in [4.69, 9.17) is 5.73 Å². The number of rotatable bonds is 2. The number of carbonyl (C=O) groups excluding carboxylic acids is 1. The first-order valence-corrected chi connectivity index (χ1v) is 5.95. The summed E-state index contributed by atoms with van der Waals surface area (Å²) in [6.45, 7) is 2.85. The maximum Gasteiger partial charge on any atom is 0.251 e. The summed E-state index contributed by atoms with van der Waals surface area (Å²) < 4.78 is 2.11. The van der Waals surface area contributed by atoms with Crippen molar-refractivity contribution in [3.8, 4) is 0 Å². The predicted molar refractivity (Wildman–Crippen MR) is 72.5 cm³/mol. The third-order valence-corrected chi connectivity index (χ3v) is 3.29. The van der Waals surface area contributed by atoms with Crippen LogP contribution in [-0.2, 0) is 6.54 Å². The molecule has 0 saturated heterocycles. The van der Waals surface area contributed by atoms with Crippen LogP contribution in [0.4, 0.5) is 0 Å². The van der Waals surface area contributed by atoms with Crippen LogP contribution in [0.2, 0.25) is 0 Å². The Morgan fingerprint density at radius 3 is 2.78 bits per heavy atom. The lowest BCUT2D eigenvalue weighted by atomic mass is 10.1. The van der Waals surface area contributed by atoms with Crippen LogP contribution in [-0.4, -0.2) is 10.5 Å².